The van der Waals surface area contributed by atoms with E-state index in [1.807, 2.05) is 0 Å². The molecule has 0 saturated carbocycles. The van der Waals surface area contributed by atoms with Crippen LogP contribution in [0.4, 0.5) is 4.39 Å². The lowest BCUT2D eigenvalue weighted by atomic mass is 10.1. The largest absolute Gasteiger partial charge is 0.488 e. The average Bonchev–Trinajstić information content (AvgIpc) is 2.41. The summed E-state index contributed by atoms with van der Waals surface area (Å²) in [5, 5.41) is 9.04. The first-order valence-electron chi connectivity index (χ1n) is 5.57. The second-order valence-electron chi connectivity index (χ2n) is 3.95. The summed E-state index contributed by atoms with van der Waals surface area (Å²) in [6.45, 7) is 0.0160. The molecule has 0 bridgehead atoms. The molecule has 6 heteroatoms. The molecule has 2 rings (SSSR count). The summed E-state index contributed by atoms with van der Waals surface area (Å²) in [4.78, 5) is 11.1. The molecule has 0 fully saturated rings. The lowest BCUT2D eigenvalue weighted by Crippen LogP contribution is -2.05. The van der Waals surface area contributed by atoms with Crippen LogP contribution >= 0.6 is 27.5 Å². The van der Waals surface area contributed by atoms with Gasteiger partial charge in [0.2, 0.25) is 0 Å². The number of carboxylic acid groups (broad SMARTS) is 1. The summed E-state index contributed by atoms with van der Waals surface area (Å²) in [6, 6.07) is 9.00. The Hall–Kier alpha value is -1.59. The minimum atomic E-state index is -1.04. The minimum Gasteiger partial charge on any atom is -0.488 e. The van der Waals surface area contributed by atoms with E-state index < -0.39 is 11.8 Å². The topological polar surface area (TPSA) is 46.5 Å². The maximum absolute atomic E-state index is 13.4. The molecule has 0 saturated heterocycles. The highest BCUT2D eigenvalue weighted by molar-refractivity contribution is 9.10. The van der Waals surface area contributed by atoms with E-state index in [1.54, 1.807) is 18.2 Å². The van der Waals surface area contributed by atoms with Crippen molar-refractivity contribution in [3.05, 3.63) is 62.8 Å². The molecule has 20 heavy (non-hydrogen) atoms. The maximum atomic E-state index is 13.4. The Balaban J connectivity index is 2.21. The predicted molar refractivity (Wildman–Crippen MR) is 76.8 cm³/mol. The van der Waals surface area contributed by atoms with Gasteiger partial charge in [-0.2, -0.15) is 0 Å². The van der Waals surface area contributed by atoms with Gasteiger partial charge in [-0.05, 0) is 28.1 Å². The number of halogens is 3. The molecular formula is C14H9BrClFO3. The van der Waals surface area contributed by atoms with Crippen molar-refractivity contribution < 1.29 is 19.0 Å². The Bertz CT molecular complexity index is 661. The molecule has 0 aliphatic rings. The van der Waals surface area contributed by atoms with Crippen LogP contribution in [0.25, 0.3) is 0 Å². The van der Waals surface area contributed by atoms with Crippen LogP contribution in [0, 0.1) is 5.82 Å². The summed E-state index contributed by atoms with van der Waals surface area (Å²) in [5.41, 5.74) is 0.653. The molecule has 0 atom stereocenters. The Labute approximate surface area is 128 Å². The second-order valence-corrected chi connectivity index (χ2v) is 5.21. The number of carbonyl (C=O) groups is 1. The van der Waals surface area contributed by atoms with Gasteiger partial charge in [-0.3, -0.25) is 0 Å². The van der Waals surface area contributed by atoms with Crippen molar-refractivity contribution in [2.75, 3.05) is 0 Å². The first-order valence-corrected chi connectivity index (χ1v) is 6.74. The van der Waals surface area contributed by atoms with Gasteiger partial charge in [0.25, 0.3) is 0 Å². The lowest BCUT2D eigenvalue weighted by Gasteiger charge is -2.10. The number of benzene rings is 2. The summed E-state index contributed by atoms with van der Waals surface area (Å²) in [5.74, 6) is -1.38. The molecule has 2 aromatic rings. The van der Waals surface area contributed by atoms with Gasteiger partial charge in [0.1, 0.15) is 18.2 Å². The number of hydrogen-bond acceptors (Lipinski definition) is 2. The first-order chi connectivity index (χ1) is 9.49. The van der Waals surface area contributed by atoms with Gasteiger partial charge in [-0.25, -0.2) is 9.18 Å². The standard InChI is InChI=1S/C14H9BrClFO3/c15-10-5-11(16)12(17)6-13(10)20-7-8-3-1-2-4-9(8)14(18)19/h1-6H,7H2,(H,18,19). The molecule has 104 valence electrons. The number of carboxylic acids is 1. The molecular weight excluding hydrogens is 351 g/mol. The zero-order chi connectivity index (χ0) is 14.7. The molecule has 0 heterocycles. The monoisotopic (exact) mass is 358 g/mol. The highest BCUT2D eigenvalue weighted by Crippen LogP contribution is 2.31. The van der Waals surface area contributed by atoms with Crippen molar-refractivity contribution in [2.24, 2.45) is 0 Å². The molecule has 0 aromatic heterocycles. The van der Waals surface area contributed by atoms with Crippen LogP contribution in [0.2, 0.25) is 5.02 Å². The third kappa shape index (κ3) is 3.29. The number of rotatable bonds is 4. The van der Waals surface area contributed by atoms with Gasteiger partial charge in [0.15, 0.2) is 0 Å². The Morgan fingerprint density at radius 2 is 2.05 bits per heavy atom. The number of aromatic carboxylic acids is 1. The third-order valence-electron chi connectivity index (χ3n) is 2.61. The molecule has 0 amide bonds. The van der Waals surface area contributed by atoms with E-state index in [4.69, 9.17) is 21.4 Å². The fraction of sp³-hybridized carbons (Fsp3) is 0.0714. The van der Waals surface area contributed by atoms with Gasteiger partial charge in [-0.15, -0.1) is 0 Å². The number of ether oxygens (including phenoxy) is 1. The predicted octanol–water partition coefficient (Wildman–Crippen LogP) is 4.52. The smallest absolute Gasteiger partial charge is 0.336 e. The van der Waals surface area contributed by atoms with E-state index >= 15 is 0 Å². The molecule has 0 unspecified atom stereocenters. The average molecular weight is 360 g/mol. The van der Waals surface area contributed by atoms with Crippen molar-refractivity contribution in [3.63, 3.8) is 0 Å². The molecule has 0 radical (unpaired) electrons. The first kappa shape index (κ1) is 14.8. The normalized spacial score (nSPS) is 10.3. The molecule has 1 N–H and O–H groups in total. The zero-order valence-corrected chi connectivity index (χ0v) is 12.4. The van der Waals surface area contributed by atoms with E-state index in [0.717, 1.165) is 6.07 Å². The zero-order valence-electron chi connectivity index (χ0n) is 10.1. The van der Waals surface area contributed by atoms with Crippen molar-refractivity contribution in [3.8, 4) is 5.75 Å². The second kappa shape index (κ2) is 6.24. The van der Waals surface area contributed by atoms with Crippen molar-refractivity contribution in [2.45, 2.75) is 6.61 Å². The minimum absolute atomic E-state index is 0.0160. The van der Waals surface area contributed by atoms with E-state index in [2.05, 4.69) is 15.9 Å². The quantitative estimate of drug-likeness (QED) is 0.817. The van der Waals surface area contributed by atoms with Crippen molar-refractivity contribution >= 4 is 33.5 Å². The van der Waals surface area contributed by atoms with Crippen LogP contribution in [0.1, 0.15) is 15.9 Å². The third-order valence-corrected chi connectivity index (χ3v) is 3.52. The fourth-order valence-electron chi connectivity index (χ4n) is 1.63. The van der Waals surface area contributed by atoms with Gasteiger partial charge in [0, 0.05) is 11.6 Å². The maximum Gasteiger partial charge on any atom is 0.336 e. The summed E-state index contributed by atoms with van der Waals surface area (Å²) < 4.78 is 19.3. The van der Waals surface area contributed by atoms with Crippen LogP contribution in [0.5, 0.6) is 5.75 Å². The molecule has 0 spiro atoms. The Morgan fingerprint density at radius 1 is 1.35 bits per heavy atom. The summed E-state index contributed by atoms with van der Waals surface area (Å²) in [6.07, 6.45) is 0. The van der Waals surface area contributed by atoms with Crippen molar-refractivity contribution in [1.29, 1.82) is 0 Å². The van der Waals surface area contributed by atoms with Gasteiger partial charge in [0.05, 0.1) is 15.1 Å². The van der Waals surface area contributed by atoms with Crippen LogP contribution in [0.3, 0.4) is 0 Å². The molecule has 2 aromatic carbocycles. The highest BCUT2D eigenvalue weighted by atomic mass is 79.9. The van der Waals surface area contributed by atoms with Gasteiger partial charge >= 0.3 is 5.97 Å². The molecule has 3 nitrogen and oxygen atoms in total. The summed E-state index contributed by atoms with van der Waals surface area (Å²) >= 11 is 8.84. The van der Waals surface area contributed by atoms with E-state index in [-0.39, 0.29) is 22.9 Å². The van der Waals surface area contributed by atoms with E-state index in [9.17, 15) is 9.18 Å². The SMILES string of the molecule is O=C(O)c1ccccc1COc1cc(F)c(Cl)cc1Br. The molecule has 0 aliphatic heterocycles. The van der Waals surface area contributed by atoms with Gasteiger partial charge in [-0.1, -0.05) is 29.8 Å². The van der Waals surface area contributed by atoms with E-state index in [1.165, 1.54) is 12.1 Å². The van der Waals surface area contributed by atoms with Gasteiger partial charge < -0.3 is 9.84 Å². The Morgan fingerprint density at radius 3 is 2.75 bits per heavy atom. The summed E-state index contributed by atoms with van der Waals surface area (Å²) in [7, 11) is 0. The number of hydrogen-bond donors (Lipinski definition) is 1. The highest BCUT2D eigenvalue weighted by Gasteiger charge is 2.12. The fourth-order valence-corrected chi connectivity index (χ4v) is 2.38. The van der Waals surface area contributed by atoms with Crippen LogP contribution in [0.15, 0.2) is 40.9 Å². The van der Waals surface area contributed by atoms with Crippen LogP contribution < -0.4 is 4.74 Å². The Kier molecular flexibility index (Phi) is 4.62. The van der Waals surface area contributed by atoms with Crippen LogP contribution in [-0.2, 0) is 6.61 Å². The van der Waals surface area contributed by atoms with Crippen LogP contribution in [-0.4, -0.2) is 11.1 Å². The van der Waals surface area contributed by atoms with Crippen molar-refractivity contribution in [1.82, 2.24) is 0 Å². The lowest BCUT2D eigenvalue weighted by molar-refractivity contribution is 0.0694. The van der Waals surface area contributed by atoms with E-state index in [0.29, 0.717) is 10.0 Å². The molecule has 0 aliphatic carbocycles.